The molecule has 222 valence electrons. The maximum Gasteiger partial charge on any atom is 0.340 e. The Hall–Kier alpha value is -4.31. The normalized spacial score (nSPS) is 10.0. The smallest absolute Gasteiger partial charge is 0.340 e. The molecule has 0 unspecified atom stereocenters. The zero-order chi connectivity index (χ0) is 31.7. The Kier molecular flexibility index (Phi) is 12.2. The number of rotatable bonds is 7. The van der Waals surface area contributed by atoms with Gasteiger partial charge in [-0.2, -0.15) is 0 Å². The third-order valence-corrected chi connectivity index (χ3v) is 6.44. The fraction of sp³-hybridized carbons (Fsp3) is 0.125. The number of halogens is 3. The largest absolute Gasteiger partial charge is 0.501 e. The van der Waals surface area contributed by atoms with Gasteiger partial charge in [-0.1, -0.05) is 52.6 Å². The van der Waals surface area contributed by atoms with Crippen molar-refractivity contribution >= 4 is 81.4 Å². The summed E-state index contributed by atoms with van der Waals surface area (Å²) in [6.45, 7) is 0. The number of non-ortho nitro benzene ring substituents is 1. The molecule has 0 aliphatic heterocycles. The standard InChI is InChI=1S/C14H9Cl3N2OS.C7H4N2O7.C3H7NO/c1-21-14-18-9-5-8(16)12(6-10(9)19-14)20-11-4-2-3-7(15)13(11)17;10-6-4(7(11)12)1-3(8(13)14)2-5(6)9(15)16;1-4(2)3-5/h2-6H,1H3,(H,18,19);1-2,10H,(H,11,12);3H,1-2H3. The number of aromatic carboxylic acids is 1. The minimum absolute atomic E-state index is 0.349. The predicted molar refractivity (Wildman–Crippen MR) is 158 cm³/mol. The Balaban J connectivity index is 0.000000261. The molecule has 0 radical (unpaired) electrons. The summed E-state index contributed by atoms with van der Waals surface area (Å²) in [7, 11) is 3.38. The van der Waals surface area contributed by atoms with Gasteiger partial charge in [0.15, 0.2) is 5.16 Å². The van der Waals surface area contributed by atoms with Gasteiger partial charge in [0.25, 0.3) is 5.69 Å². The lowest BCUT2D eigenvalue weighted by Crippen LogP contribution is -2.06. The molecule has 18 heteroatoms. The van der Waals surface area contributed by atoms with Gasteiger partial charge in [0.1, 0.15) is 22.1 Å². The van der Waals surface area contributed by atoms with Crippen LogP contribution in [0, 0.1) is 20.2 Å². The van der Waals surface area contributed by atoms with Crippen LogP contribution in [0.4, 0.5) is 11.4 Å². The van der Waals surface area contributed by atoms with Crippen LogP contribution >= 0.6 is 46.6 Å². The van der Waals surface area contributed by atoms with Crippen molar-refractivity contribution in [2.24, 2.45) is 0 Å². The van der Waals surface area contributed by atoms with Gasteiger partial charge in [-0.3, -0.25) is 25.0 Å². The third kappa shape index (κ3) is 8.84. The van der Waals surface area contributed by atoms with E-state index in [-0.39, 0.29) is 0 Å². The van der Waals surface area contributed by atoms with Gasteiger partial charge in [-0.05, 0) is 24.5 Å². The number of nitrogens with one attached hydrogen (secondary N) is 1. The van der Waals surface area contributed by atoms with Crippen LogP contribution in [0.2, 0.25) is 15.1 Å². The highest BCUT2D eigenvalue weighted by atomic mass is 35.5. The number of carbonyl (C=O) groups is 2. The van der Waals surface area contributed by atoms with E-state index in [0.717, 1.165) is 22.6 Å². The Bertz CT molecular complexity index is 1610. The lowest BCUT2D eigenvalue weighted by atomic mass is 10.1. The molecule has 42 heavy (non-hydrogen) atoms. The highest BCUT2D eigenvalue weighted by Crippen LogP contribution is 2.38. The first-order valence-electron chi connectivity index (χ1n) is 11.1. The first kappa shape index (κ1) is 33.9. The fourth-order valence-electron chi connectivity index (χ4n) is 2.86. The number of amides is 1. The number of ether oxygens (including phenoxy) is 1. The van der Waals surface area contributed by atoms with Gasteiger partial charge in [0.2, 0.25) is 12.2 Å². The van der Waals surface area contributed by atoms with Crippen molar-refractivity contribution in [2.75, 3.05) is 20.4 Å². The molecule has 4 rings (SSSR count). The number of nitrogens with zero attached hydrogens (tertiary/aromatic N) is 4. The second-order valence-electron chi connectivity index (χ2n) is 7.95. The Morgan fingerprint density at radius 2 is 1.71 bits per heavy atom. The van der Waals surface area contributed by atoms with E-state index in [9.17, 15) is 34.9 Å². The molecule has 0 fully saturated rings. The highest BCUT2D eigenvalue weighted by Gasteiger charge is 2.26. The number of phenols is 1. The summed E-state index contributed by atoms with van der Waals surface area (Å²) in [5.74, 6) is -1.87. The topological polar surface area (TPSA) is 202 Å². The van der Waals surface area contributed by atoms with Crippen molar-refractivity contribution in [2.45, 2.75) is 5.16 Å². The van der Waals surface area contributed by atoms with Gasteiger partial charge >= 0.3 is 11.7 Å². The molecule has 1 aromatic heterocycles. The number of hydrogen-bond donors (Lipinski definition) is 3. The van der Waals surface area contributed by atoms with E-state index in [1.165, 1.54) is 16.7 Å². The van der Waals surface area contributed by atoms with Crippen molar-refractivity contribution in [3.05, 3.63) is 83.3 Å². The molecule has 0 bridgehead atoms. The zero-order valence-corrected chi connectivity index (χ0v) is 24.8. The number of hydrogen-bond acceptors (Lipinski definition) is 10. The van der Waals surface area contributed by atoms with Crippen molar-refractivity contribution in [3.63, 3.8) is 0 Å². The maximum atomic E-state index is 10.6. The monoisotopic (exact) mass is 659 g/mol. The van der Waals surface area contributed by atoms with Crippen molar-refractivity contribution in [3.8, 4) is 17.2 Å². The molecule has 4 aromatic rings. The highest BCUT2D eigenvalue weighted by molar-refractivity contribution is 7.98. The minimum Gasteiger partial charge on any atom is -0.501 e. The molecule has 0 saturated heterocycles. The number of nitro groups is 2. The first-order chi connectivity index (χ1) is 19.7. The van der Waals surface area contributed by atoms with E-state index in [0.29, 0.717) is 38.7 Å². The fourth-order valence-corrected chi connectivity index (χ4v) is 3.79. The van der Waals surface area contributed by atoms with Gasteiger partial charge in [-0.15, -0.1) is 0 Å². The van der Waals surface area contributed by atoms with Crippen LogP contribution in [-0.2, 0) is 4.79 Å². The minimum atomic E-state index is -1.69. The number of fused-ring (bicyclic) bond motifs is 1. The SMILES string of the molecule is CN(C)C=O.CSc1nc2cc(Oc3cccc(Cl)c3Cl)c(Cl)cc2[nH]1.O=C(O)c1cc([N+](=O)[O-])cc([N+](=O)[O-])c1O. The summed E-state index contributed by atoms with van der Waals surface area (Å²) in [4.78, 5) is 47.7. The maximum absolute atomic E-state index is 10.6. The molecule has 14 nitrogen and oxygen atoms in total. The average Bonchev–Trinajstić information content (AvgIpc) is 3.33. The van der Waals surface area contributed by atoms with Gasteiger partial charge in [-0.25, -0.2) is 9.78 Å². The molecule has 3 aromatic carbocycles. The lowest BCUT2D eigenvalue weighted by Gasteiger charge is -2.09. The van der Waals surface area contributed by atoms with Crippen molar-refractivity contribution in [1.29, 1.82) is 0 Å². The number of H-pyrrole nitrogens is 1. The van der Waals surface area contributed by atoms with Crippen LogP contribution in [0.25, 0.3) is 11.0 Å². The Labute approximate surface area is 256 Å². The number of aromatic hydroxyl groups is 1. The molecule has 0 aliphatic carbocycles. The van der Waals surface area contributed by atoms with Crippen molar-refractivity contribution < 1.29 is 34.4 Å². The van der Waals surface area contributed by atoms with Crippen LogP contribution in [0.1, 0.15) is 10.4 Å². The van der Waals surface area contributed by atoms with Gasteiger partial charge < -0.3 is 24.8 Å². The van der Waals surface area contributed by atoms with E-state index >= 15 is 0 Å². The molecule has 3 N–H and O–H groups in total. The lowest BCUT2D eigenvalue weighted by molar-refractivity contribution is -0.394. The van der Waals surface area contributed by atoms with E-state index in [2.05, 4.69) is 9.97 Å². The van der Waals surface area contributed by atoms with E-state index in [1.807, 2.05) is 6.26 Å². The molecule has 0 saturated carbocycles. The predicted octanol–water partition coefficient (Wildman–Crippen LogP) is 6.65. The summed E-state index contributed by atoms with van der Waals surface area (Å²) in [5, 5.41) is 40.6. The molecule has 0 aliphatic rings. The molecular formula is C24H20Cl3N5O9S. The van der Waals surface area contributed by atoms with Crippen LogP contribution in [-0.4, -0.2) is 67.7 Å². The van der Waals surface area contributed by atoms with Gasteiger partial charge in [0, 0.05) is 26.2 Å². The Morgan fingerprint density at radius 1 is 1.07 bits per heavy atom. The summed E-state index contributed by atoms with van der Waals surface area (Å²) in [6.07, 6.45) is 2.70. The number of nitro benzene ring substituents is 2. The van der Waals surface area contributed by atoms with Crippen LogP contribution < -0.4 is 4.74 Å². The zero-order valence-electron chi connectivity index (χ0n) is 21.7. The second-order valence-corrected chi connectivity index (χ2v) is 9.94. The summed E-state index contributed by atoms with van der Waals surface area (Å²) in [6, 6.07) is 9.76. The second kappa shape index (κ2) is 15.1. The molecule has 0 spiro atoms. The average molecular weight is 661 g/mol. The summed E-state index contributed by atoms with van der Waals surface area (Å²) >= 11 is 19.9. The van der Waals surface area contributed by atoms with E-state index < -0.39 is 38.5 Å². The number of carboxylic acid groups (broad SMARTS) is 1. The number of imidazole rings is 1. The van der Waals surface area contributed by atoms with Crippen LogP contribution in [0.5, 0.6) is 17.2 Å². The summed E-state index contributed by atoms with van der Waals surface area (Å²) < 4.78 is 5.76. The number of thioether (sulfide) groups is 1. The molecular weight excluding hydrogens is 641 g/mol. The molecule has 1 heterocycles. The van der Waals surface area contributed by atoms with E-state index in [4.69, 9.17) is 44.6 Å². The van der Waals surface area contributed by atoms with E-state index in [1.54, 1.807) is 44.4 Å². The Morgan fingerprint density at radius 3 is 2.24 bits per heavy atom. The summed E-state index contributed by atoms with van der Waals surface area (Å²) in [5.41, 5.74) is -1.06. The van der Waals surface area contributed by atoms with Crippen LogP contribution in [0.15, 0.2) is 47.6 Å². The van der Waals surface area contributed by atoms with Gasteiger partial charge in [0.05, 0.1) is 37.0 Å². The third-order valence-electron chi connectivity index (χ3n) is 4.77. The molecule has 1 amide bonds. The first-order valence-corrected chi connectivity index (χ1v) is 13.4. The number of benzene rings is 3. The number of carboxylic acids is 1. The van der Waals surface area contributed by atoms with Crippen LogP contribution in [0.3, 0.4) is 0 Å². The van der Waals surface area contributed by atoms with Crippen molar-refractivity contribution in [1.82, 2.24) is 14.9 Å². The number of carbonyl (C=O) groups excluding carboxylic acids is 1. The molecule has 0 atom stereocenters. The number of aromatic nitrogens is 2. The quantitative estimate of drug-likeness (QED) is 0.0829. The number of aromatic amines is 1.